The van der Waals surface area contributed by atoms with Gasteiger partial charge in [0, 0.05) is 33.0 Å². The zero-order valence-electron chi connectivity index (χ0n) is 17.9. The second kappa shape index (κ2) is 14.4. The predicted molar refractivity (Wildman–Crippen MR) is 134 cm³/mol. The highest BCUT2D eigenvalue weighted by molar-refractivity contribution is 14.0. The van der Waals surface area contributed by atoms with Crippen molar-refractivity contribution in [3.63, 3.8) is 0 Å². The van der Waals surface area contributed by atoms with E-state index in [4.69, 9.17) is 4.74 Å². The lowest BCUT2D eigenvalue weighted by molar-refractivity contribution is 0.135. The molecule has 9 heteroatoms. The average Bonchev–Trinajstić information content (AvgIpc) is 2.71. The Morgan fingerprint density at radius 1 is 1.06 bits per heavy atom. The Labute approximate surface area is 201 Å². The highest BCUT2D eigenvalue weighted by Crippen LogP contribution is 2.14. The van der Waals surface area contributed by atoms with Crippen LogP contribution in [0, 0.1) is 5.82 Å². The van der Waals surface area contributed by atoms with Crippen molar-refractivity contribution < 1.29 is 17.5 Å². The molecule has 0 fully saturated rings. The summed E-state index contributed by atoms with van der Waals surface area (Å²) in [5, 5.41) is 6.28. The minimum atomic E-state index is -3.21. The maximum atomic E-state index is 13.6. The molecule has 0 bridgehead atoms. The first-order chi connectivity index (χ1) is 14.4. The van der Waals surface area contributed by atoms with Gasteiger partial charge in [-0.3, -0.25) is 4.99 Å². The van der Waals surface area contributed by atoms with Gasteiger partial charge in [-0.05, 0) is 41.7 Å². The van der Waals surface area contributed by atoms with Gasteiger partial charge in [-0.25, -0.2) is 12.8 Å². The molecule has 2 aromatic rings. The SMILES string of the molecule is CN=C(NCCCOCCc1ccccc1)NCc1cc(F)ccc1CS(C)(=O)=O.I. The monoisotopic (exact) mass is 563 g/mol. The molecule has 0 spiro atoms. The molecule has 0 heterocycles. The molecule has 0 aliphatic carbocycles. The fraction of sp³-hybridized carbons (Fsp3) is 0.409. The zero-order valence-corrected chi connectivity index (χ0v) is 21.1. The third-order valence-corrected chi connectivity index (χ3v) is 5.23. The van der Waals surface area contributed by atoms with Gasteiger partial charge >= 0.3 is 0 Å². The minimum Gasteiger partial charge on any atom is -0.381 e. The molecule has 6 nitrogen and oxygen atoms in total. The molecule has 0 saturated heterocycles. The molecule has 2 aromatic carbocycles. The van der Waals surface area contributed by atoms with E-state index in [2.05, 4.69) is 27.8 Å². The number of hydrogen-bond donors (Lipinski definition) is 2. The summed E-state index contributed by atoms with van der Waals surface area (Å²) < 4.78 is 42.5. The molecule has 2 N–H and O–H groups in total. The van der Waals surface area contributed by atoms with E-state index in [0.717, 1.165) is 19.1 Å². The summed E-state index contributed by atoms with van der Waals surface area (Å²) in [7, 11) is -1.56. The average molecular weight is 563 g/mol. The Morgan fingerprint density at radius 3 is 2.48 bits per heavy atom. The van der Waals surface area contributed by atoms with Crippen LogP contribution in [-0.2, 0) is 33.3 Å². The maximum Gasteiger partial charge on any atom is 0.191 e. The van der Waals surface area contributed by atoms with E-state index in [9.17, 15) is 12.8 Å². The first kappa shape index (κ1) is 27.3. The van der Waals surface area contributed by atoms with Crippen LogP contribution in [0.25, 0.3) is 0 Å². The summed E-state index contributed by atoms with van der Waals surface area (Å²) >= 11 is 0. The van der Waals surface area contributed by atoms with Crippen molar-refractivity contribution in [1.29, 1.82) is 0 Å². The van der Waals surface area contributed by atoms with Crippen molar-refractivity contribution in [1.82, 2.24) is 10.6 Å². The van der Waals surface area contributed by atoms with Crippen molar-refractivity contribution >= 4 is 39.8 Å². The van der Waals surface area contributed by atoms with Gasteiger partial charge in [-0.1, -0.05) is 36.4 Å². The Bertz CT molecular complexity index is 925. The molecule has 0 aliphatic rings. The third kappa shape index (κ3) is 11.5. The Balaban J connectivity index is 0.00000480. The molecule has 2 rings (SSSR count). The number of rotatable bonds is 11. The van der Waals surface area contributed by atoms with Gasteiger partial charge in [0.1, 0.15) is 5.82 Å². The largest absolute Gasteiger partial charge is 0.381 e. The number of ether oxygens (including phenoxy) is 1. The molecule has 0 aromatic heterocycles. The molecule has 0 radical (unpaired) electrons. The van der Waals surface area contributed by atoms with Crippen molar-refractivity contribution in [2.45, 2.75) is 25.1 Å². The van der Waals surface area contributed by atoms with Crippen molar-refractivity contribution in [2.75, 3.05) is 33.1 Å². The van der Waals surface area contributed by atoms with E-state index in [1.54, 1.807) is 7.05 Å². The Kier molecular flexibility index (Phi) is 12.7. The zero-order chi connectivity index (χ0) is 21.8. The summed E-state index contributed by atoms with van der Waals surface area (Å²) in [5.74, 6) is 0.0323. The summed E-state index contributed by atoms with van der Waals surface area (Å²) in [6.07, 6.45) is 2.87. The number of nitrogens with zero attached hydrogens (tertiary/aromatic N) is 1. The van der Waals surface area contributed by atoms with Crippen LogP contribution in [0.5, 0.6) is 0 Å². The van der Waals surface area contributed by atoms with E-state index < -0.39 is 15.7 Å². The van der Waals surface area contributed by atoms with Crippen molar-refractivity contribution in [3.8, 4) is 0 Å². The summed E-state index contributed by atoms with van der Waals surface area (Å²) in [5.41, 5.74) is 2.43. The fourth-order valence-electron chi connectivity index (χ4n) is 2.90. The Hall–Kier alpha value is -1.72. The van der Waals surface area contributed by atoms with Crippen LogP contribution in [0.4, 0.5) is 4.39 Å². The van der Waals surface area contributed by atoms with E-state index in [-0.39, 0.29) is 36.3 Å². The van der Waals surface area contributed by atoms with Gasteiger partial charge < -0.3 is 15.4 Å². The standard InChI is InChI=1S/C22H30FN3O3S.HI/c1-24-22(25-12-6-13-29-14-11-18-7-4-3-5-8-18)26-16-20-15-21(23)10-9-19(20)17-30(2,27)28;/h3-5,7-10,15H,6,11-14,16-17H2,1-2H3,(H2,24,25,26);1H. The van der Waals surface area contributed by atoms with Crippen molar-refractivity contribution in [2.24, 2.45) is 4.99 Å². The first-order valence-electron chi connectivity index (χ1n) is 9.88. The quantitative estimate of drug-likeness (QED) is 0.190. The van der Waals surface area contributed by atoms with Gasteiger partial charge in [0.2, 0.25) is 0 Å². The van der Waals surface area contributed by atoms with Gasteiger partial charge in [-0.2, -0.15) is 0 Å². The van der Waals surface area contributed by atoms with E-state index in [1.807, 2.05) is 18.2 Å². The second-order valence-corrected chi connectivity index (χ2v) is 9.18. The number of aliphatic imine (C=N–C) groups is 1. The van der Waals surface area contributed by atoms with Crippen LogP contribution in [0.2, 0.25) is 0 Å². The van der Waals surface area contributed by atoms with Crippen LogP contribution in [0.1, 0.15) is 23.1 Å². The van der Waals surface area contributed by atoms with Crippen LogP contribution >= 0.6 is 24.0 Å². The molecule has 0 amide bonds. The molecule has 0 unspecified atom stereocenters. The minimum absolute atomic E-state index is 0. The summed E-state index contributed by atoms with van der Waals surface area (Å²) in [6, 6.07) is 14.3. The van der Waals surface area contributed by atoms with Crippen LogP contribution in [0.15, 0.2) is 53.5 Å². The lowest BCUT2D eigenvalue weighted by Gasteiger charge is -2.14. The van der Waals surface area contributed by atoms with Crippen LogP contribution < -0.4 is 10.6 Å². The fourth-order valence-corrected chi connectivity index (χ4v) is 3.75. The maximum absolute atomic E-state index is 13.6. The Morgan fingerprint density at radius 2 is 1.81 bits per heavy atom. The molecule has 0 saturated carbocycles. The molecular formula is C22H31FIN3O3S. The van der Waals surface area contributed by atoms with Crippen LogP contribution in [-0.4, -0.2) is 47.4 Å². The van der Waals surface area contributed by atoms with Crippen LogP contribution in [0.3, 0.4) is 0 Å². The topological polar surface area (TPSA) is 79.8 Å². The summed E-state index contributed by atoms with van der Waals surface area (Å²) in [4.78, 5) is 4.15. The normalized spacial score (nSPS) is 11.6. The lowest BCUT2D eigenvalue weighted by Crippen LogP contribution is -2.37. The van der Waals surface area contributed by atoms with Gasteiger partial charge in [0.25, 0.3) is 0 Å². The molecule has 31 heavy (non-hydrogen) atoms. The number of sulfone groups is 1. The van der Waals surface area contributed by atoms with Gasteiger partial charge in [0.15, 0.2) is 15.8 Å². The van der Waals surface area contributed by atoms with E-state index in [0.29, 0.717) is 36.8 Å². The molecule has 172 valence electrons. The number of benzene rings is 2. The second-order valence-electron chi connectivity index (χ2n) is 7.04. The smallest absolute Gasteiger partial charge is 0.191 e. The van der Waals surface area contributed by atoms with Gasteiger partial charge in [-0.15, -0.1) is 24.0 Å². The lowest BCUT2D eigenvalue weighted by atomic mass is 10.1. The third-order valence-electron chi connectivity index (χ3n) is 4.39. The number of halogens is 2. The summed E-state index contributed by atoms with van der Waals surface area (Å²) in [6.45, 7) is 2.26. The number of nitrogens with one attached hydrogen (secondary N) is 2. The first-order valence-corrected chi connectivity index (χ1v) is 11.9. The van der Waals surface area contributed by atoms with Crippen molar-refractivity contribution in [3.05, 3.63) is 71.0 Å². The van der Waals surface area contributed by atoms with E-state index in [1.165, 1.54) is 23.8 Å². The number of hydrogen-bond acceptors (Lipinski definition) is 4. The van der Waals surface area contributed by atoms with Gasteiger partial charge in [0.05, 0.1) is 12.4 Å². The molecular weight excluding hydrogens is 532 g/mol. The highest BCUT2D eigenvalue weighted by Gasteiger charge is 2.11. The number of guanidine groups is 1. The molecule has 0 atom stereocenters. The van der Waals surface area contributed by atoms with E-state index >= 15 is 0 Å². The highest BCUT2D eigenvalue weighted by atomic mass is 127. The predicted octanol–water partition coefficient (Wildman–Crippen LogP) is 3.30. The molecule has 0 aliphatic heterocycles.